The second-order valence-electron chi connectivity index (χ2n) is 8.70. The molecule has 0 unspecified atom stereocenters. The number of aromatic nitrogens is 2. The SMILES string of the molecule is CCCCc1nc2ccc(Br)cc2c(=O)n1N=Cc1cc(Cl)c(OCC(=O)N2CCOCC2)c(OCC)c1. The number of nitrogens with zero attached hydrogens (tertiary/aromatic N) is 4. The molecule has 1 aromatic heterocycles. The highest BCUT2D eigenvalue weighted by Crippen LogP contribution is 2.36. The van der Waals surface area contributed by atoms with E-state index in [4.69, 9.17) is 30.8 Å². The molecule has 38 heavy (non-hydrogen) atoms. The molecule has 1 aliphatic rings. The molecule has 0 atom stereocenters. The van der Waals surface area contributed by atoms with E-state index in [0.29, 0.717) is 67.4 Å². The van der Waals surface area contributed by atoms with Crippen molar-refractivity contribution in [1.29, 1.82) is 0 Å². The number of unbranched alkanes of at least 4 members (excludes halogenated alkanes) is 1. The number of hydrogen-bond acceptors (Lipinski definition) is 7. The van der Waals surface area contributed by atoms with E-state index in [-0.39, 0.29) is 28.8 Å². The summed E-state index contributed by atoms with van der Waals surface area (Å²) in [6.07, 6.45) is 3.99. The first kappa shape index (κ1) is 28.1. The second-order valence-corrected chi connectivity index (χ2v) is 10.0. The number of aryl methyl sites for hydroxylation is 1. The van der Waals surface area contributed by atoms with Gasteiger partial charge >= 0.3 is 0 Å². The second kappa shape index (κ2) is 13.2. The first-order valence-electron chi connectivity index (χ1n) is 12.6. The van der Waals surface area contributed by atoms with Crippen LogP contribution in [0.3, 0.4) is 0 Å². The highest BCUT2D eigenvalue weighted by molar-refractivity contribution is 9.10. The highest BCUT2D eigenvalue weighted by atomic mass is 79.9. The van der Waals surface area contributed by atoms with E-state index in [1.54, 1.807) is 29.3 Å². The Bertz CT molecular complexity index is 1390. The Morgan fingerprint density at radius 3 is 2.74 bits per heavy atom. The predicted octanol–water partition coefficient (Wildman–Crippen LogP) is 4.67. The van der Waals surface area contributed by atoms with Gasteiger partial charge in [0.1, 0.15) is 5.82 Å². The number of benzene rings is 2. The number of morpholine rings is 1. The summed E-state index contributed by atoms with van der Waals surface area (Å²) >= 11 is 9.97. The van der Waals surface area contributed by atoms with E-state index >= 15 is 0 Å². The summed E-state index contributed by atoms with van der Waals surface area (Å²) in [6, 6.07) is 8.80. The Balaban J connectivity index is 1.63. The van der Waals surface area contributed by atoms with Gasteiger partial charge in [-0.05, 0) is 49.2 Å². The van der Waals surface area contributed by atoms with Crippen LogP contribution in [0.4, 0.5) is 0 Å². The fourth-order valence-electron chi connectivity index (χ4n) is 4.04. The molecule has 1 fully saturated rings. The minimum atomic E-state index is -0.253. The van der Waals surface area contributed by atoms with Crippen molar-refractivity contribution in [2.24, 2.45) is 5.10 Å². The molecule has 3 aromatic rings. The van der Waals surface area contributed by atoms with Crippen molar-refractivity contribution in [3.05, 3.63) is 61.6 Å². The van der Waals surface area contributed by atoms with Gasteiger partial charge in [0.15, 0.2) is 18.1 Å². The van der Waals surface area contributed by atoms with Crippen molar-refractivity contribution in [2.75, 3.05) is 39.5 Å². The third kappa shape index (κ3) is 6.73. The number of carbonyl (C=O) groups excluding carboxylic acids is 1. The molecule has 11 heteroatoms. The third-order valence-electron chi connectivity index (χ3n) is 5.99. The smallest absolute Gasteiger partial charge is 0.282 e. The van der Waals surface area contributed by atoms with Crippen LogP contribution in [0.15, 0.2) is 44.7 Å². The van der Waals surface area contributed by atoms with Gasteiger partial charge in [0.2, 0.25) is 0 Å². The first-order chi connectivity index (χ1) is 18.4. The lowest BCUT2D eigenvalue weighted by Crippen LogP contribution is -2.43. The van der Waals surface area contributed by atoms with Crippen molar-refractivity contribution in [2.45, 2.75) is 33.1 Å². The minimum absolute atomic E-state index is 0.146. The standard InChI is InChI=1S/C27H30BrClN4O5/c1-3-5-6-24-31-22-8-7-19(28)15-20(22)27(35)33(24)30-16-18-13-21(29)26(23(14-18)37-4-2)38-17-25(34)32-9-11-36-12-10-32/h7-8,13-16H,3-6,9-12,17H2,1-2H3. The molecule has 0 spiro atoms. The molecule has 0 N–H and O–H groups in total. The van der Waals surface area contributed by atoms with Crippen molar-refractivity contribution >= 4 is 50.6 Å². The Kier molecular flexibility index (Phi) is 9.76. The normalized spacial score (nSPS) is 13.8. The van der Waals surface area contributed by atoms with Crippen LogP contribution in [0.2, 0.25) is 5.02 Å². The summed E-state index contributed by atoms with van der Waals surface area (Å²) in [5, 5.41) is 5.23. The van der Waals surface area contributed by atoms with E-state index in [1.807, 2.05) is 19.1 Å². The summed E-state index contributed by atoms with van der Waals surface area (Å²) in [5.41, 5.74) is 0.981. The maximum Gasteiger partial charge on any atom is 0.282 e. The molecule has 0 aliphatic carbocycles. The number of carbonyl (C=O) groups is 1. The van der Waals surface area contributed by atoms with Gasteiger partial charge in [-0.3, -0.25) is 9.59 Å². The molecule has 2 heterocycles. The van der Waals surface area contributed by atoms with Crippen LogP contribution in [0, 0.1) is 0 Å². The zero-order chi connectivity index (χ0) is 27.1. The summed E-state index contributed by atoms with van der Waals surface area (Å²) in [4.78, 5) is 32.3. The maximum absolute atomic E-state index is 13.3. The van der Waals surface area contributed by atoms with Gasteiger partial charge in [-0.2, -0.15) is 9.78 Å². The summed E-state index contributed by atoms with van der Waals surface area (Å²) in [6.45, 7) is 6.22. The van der Waals surface area contributed by atoms with Crippen molar-refractivity contribution in [3.8, 4) is 11.5 Å². The number of fused-ring (bicyclic) bond motifs is 1. The quantitative estimate of drug-likeness (QED) is 0.312. The molecule has 4 rings (SSSR count). The Hall–Kier alpha value is -2.95. The summed E-state index contributed by atoms with van der Waals surface area (Å²) in [7, 11) is 0. The number of ether oxygens (including phenoxy) is 3. The van der Waals surface area contributed by atoms with E-state index in [0.717, 1.165) is 17.3 Å². The molecule has 0 saturated carbocycles. The first-order valence-corrected chi connectivity index (χ1v) is 13.8. The molecule has 0 radical (unpaired) electrons. The molecule has 202 valence electrons. The molecule has 1 aliphatic heterocycles. The van der Waals surface area contributed by atoms with Gasteiger partial charge in [-0.15, -0.1) is 0 Å². The zero-order valence-corrected chi connectivity index (χ0v) is 23.8. The monoisotopic (exact) mass is 604 g/mol. The fraction of sp³-hybridized carbons (Fsp3) is 0.407. The average Bonchev–Trinajstić information content (AvgIpc) is 2.92. The maximum atomic E-state index is 13.3. The van der Waals surface area contributed by atoms with Crippen molar-refractivity contribution in [1.82, 2.24) is 14.6 Å². The predicted molar refractivity (Wildman–Crippen MR) is 151 cm³/mol. The molecule has 2 aromatic carbocycles. The topological polar surface area (TPSA) is 95.3 Å². The van der Waals surface area contributed by atoms with E-state index in [1.165, 1.54) is 4.68 Å². The molecular weight excluding hydrogens is 576 g/mol. The largest absolute Gasteiger partial charge is 0.490 e. The summed E-state index contributed by atoms with van der Waals surface area (Å²) in [5.74, 6) is 1.10. The number of hydrogen-bond donors (Lipinski definition) is 0. The Morgan fingerprint density at radius 1 is 1.21 bits per heavy atom. The zero-order valence-electron chi connectivity index (χ0n) is 21.4. The van der Waals surface area contributed by atoms with E-state index in [9.17, 15) is 9.59 Å². The van der Waals surface area contributed by atoms with Gasteiger partial charge in [-0.1, -0.05) is 40.9 Å². The highest BCUT2D eigenvalue weighted by Gasteiger charge is 2.20. The van der Waals surface area contributed by atoms with Gasteiger partial charge < -0.3 is 19.1 Å². The lowest BCUT2D eigenvalue weighted by Gasteiger charge is -2.27. The van der Waals surface area contributed by atoms with Crippen LogP contribution in [0.5, 0.6) is 11.5 Å². The molecule has 1 amide bonds. The van der Waals surface area contributed by atoms with Crippen molar-refractivity contribution in [3.63, 3.8) is 0 Å². The summed E-state index contributed by atoms with van der Waals surface area (Å²) < 4.78 is 19.0. The molecular formula is C27H30BrClN4O5. The molecule has 1 saturated heterocycles. The van der Waals surface area contributed by atoms with Crippen LogP contribution in [-0.4, -0.2) is 66.2 Å². The lowest BCUT2D eigenvalue weighted by atomic mass is 10.2. The minimum Gasteiger partial charge on any atom is -0.490 e. The van der Waals surface area contributed by atoms with E-state index in [2.05, 4.69) is 28.0 Å². The third-order valence-corrected chi connectivity index (χ3v) is 6.76. The Morgan fingerprint density at radius 2 is 2.00 bits per heavy atom. The van der Waals surface area contributed by atoms with Crippen molar-refractivity contribution < 1.29 is 19.0 Å². The number of halogens is 2. The van der Waals surface area contributed by atoms with Gasteiger partial charge in [0, 0.05) is 24.0 Å². The number of rotatable bonds is 10. The van der Waals surface area contributed by atoms with E-state index < -0.39 is 0 Å². The molecule has 9 nitrogen and oxygen atoms in total. The molecule has 0 bridgehead atoms. The van der Waals surface area contributed by atoms with Crippen LogP contribution >= 0.6 is 27.5 Å². The van der Waals surface area contributed by atoms with Crippen LogP contribution in [-0.2, 0) is 16.0 Å². The van der Waals surface area contributed by atoms with Crippen LogP contribution < -0.4 is 15.0 Å². The lowest BCUT2D eigenvalue weighted by molar-refractivity contribution is -0.137. The van der Waals surface area contributed by atoms with Gasteiger partial charge in [0.25, 0.3) is 11.5 Å². The van der Waals surface area contributed by atoms with Gasteiger partial charge in [-0.25, -0.2) is 4.98 Å². The van der Waals surface area contributed by atoms with Crippen LogP contribution in [0.25, 0.3) is 10.9 Å². The van der Waals surface area contributed by atoms with Gasteiger partial charge in [0.05, 0.1) is 42.0 Å². The van der Waals surface area contributed by atoms with Crippen LogP contribution in [0.1, 0.15) is 38.1 Å². The fourth-order valence-corrected chi connectivity index (χ4v) is 4.67. The Labute approximate surface area is 234 Å². The average molecular weight is 606 g/mol. The number of amides is 1.